The Hall–Kier alpha value is -2.15. The zero-order chi connectivity index (χ0) is 14.3. The zero-order valence-corrected chi connectivity index (χ0v) is 10.5. The number of hydrogen-bond acceptors (Lipinski definition) is 3. The number of alkyl halides is 3. The standard InChI is InChI=1S/C12H6ClF3N4/c13-11-17-6-8(12(14,15)16)10(19-11)20-9-4-2-1-3-7(9)5-18-20/h1-6H. The average molecular weight is 299 g/mol. The highest BCUT2D eigenvalue weighted by molar-refractivity contribution is 6.28. The Morgan fingerprint density at radius 2 is 1.85 bits per heavy atom. The van der Waals surface area contributed by atoms with Gasteiger partial charge in [-0.25, -0.2) is 9.67 Å². The fraction of sp³-hybridized carbons (Fsp3) is 0.0833. The number of halogens is 4. The molecule has 0 aliphatic carbocycles. The highest BCUT2D eigenvalue weighted by Crippen LogP contribution is 2.33. The number of aromatic nitrogens is 4. The fourth-order valence-electron chi connectivity index (χ4n) is 1.85. The van der Waals surface area contributed by atoms with Gasteiger partial charge in [0.05, 0.1) is 11.7 Å². The van der Waals surface area contributed by atoms with Crippen molar-refractivity contribution in [2.75, 3.05) is 0 Å². The highest BCUT2D eigenvalue weighted by Gasteiger charge is 2.36. The lowest BCUT2D eigenvalue weighted by Crippen LogP contribution is -2.14. The monoisotopic (exact) mass is 298 g/mol. The van der Waals surface area contributed by atoms with E-state index in [0.29, 0.717) is 17.1 Å². The van der Waals surface area contributed by atoms with Crippen LogP contribution in [0.25, 0.3) is 16.7 Å². The topological polar surface area (TPSA) is 43.6 Å². The summed E-state index contributed by atoms with van der Waals surface area (Å²) < 4.78 is 40.1. The molecule has 0 atom stereocenters. The molecule has 2 heterocycles. The average Bonchev–Trinajstić information content (AvgIpc) is 2.80. The van der Waals surface area contributed by atoms with Crippen LogP contribution in [0.2, 0.25) is 5.28 Å². The summed E-state index contributed by atoms with van der Waals surface area (Å²) in [5, 5.41) is 4.38. The predicted octanol–water partition coefficient (Wildman–Crippen LogP) is 3.49. The van der Waals surface area contributed by atoms with E-state index in [0.717, 1.165) is 4.68 Å². The third-order valence-corrected chi connectivity index (χ3v) is 2.90. The first-order chi connectivity index (χ1) is 9.47. The van der Waals surface area contributed by atoms with E-state index in [1.54, 1.807) is 24.3 Å². The zero-order valence-electron chi connectivity index (χ0n) is 9.76. The van der Waals surface area contributed by atoms with Crippen LogP contribution in [-0.2, 0) is 6.18 Å². The highest BCUT2D eigenvalue weighted by atomic mass is 35.5. The number of benzene rings is 1. The van der Waals surface area contributed by atoms with Gasteiger partial charge in [0.25, 0.3) is 0 Å². The molecule has 2 aromatic heterocycles. The Morgan fingerprint density at radius 1 is 1.10 bits per heavy atom. The molecule has 0 amide bonds. The molecule has 0 saturated carbocycles. The quantitative estimate of drug-likeness (QED) is 0.646. The summed E-state index contributed by atoms with van der Waals surface area (Å²) >= 11 is 5.60. The van der Waals surface area contributed by atoms with Gasteiger partial charge in [-0.15, -0.1) is 0 Å². The summed E-state index contributed by atoms with van der Waals surface area (Å²) in [6, 6.07) is 6.87. The number of nitrogens with zero attached hydrogens (tertiary/aromatic N) is 4. The van der Waals surface area contributed by atoms with Crippen LogP contribution in [0.1, 0.15) is 5.56 Å². The largest absolute Gasteiger partial charge is 0.421 e. The van der Waals surface area contributed by atoms with Crippen LogP contribution in [0.15, 0.2) is 36.7 Å². The lowest BCUT2D eigenvalue weighted by molar-refractivity contribution is -0.138. The first-order valence-electron chi connectivity index (χ1n) is 5.50. The molecule has 102 valence electrons. The molecule has 0 aliphatic rings. The molecule has 3 aromatic rings. The molecule has 0 unspecified atom stereocenters. The summed E-state index contributed by atoms with van der Waals surface area (Å²) in [5.74, 6) is -0.390. The van der Waals surface area contributed by atoms with Crippen molar-refractivity contribution in [1.29, 1.82) is 0 Å². The van der Waals surface area contributed by atoms with Gasteiger partial charge in [-0.05, 0) is 17.7 Å². The molecule has 0 bridgehead atoms. The van der Waals surface area contributed by atoms with Gasteiger partial charge in [-0.1, -0.05) is 18.2 Å². The summed E-state index contributed by atoms with van der Waals surface area (Å²) in [5.41, 5.74) is -0.483. The number of hydrogen-bond donors (Lipinski definition) is 0. The second kappa shape index (κ2) is 4.45. The smallest absolute Gasteiger partial charge is 0.226 e. The van der Waals surface area contributed by atoms with Crippen molar-refractivity contribution in [3.05, 3.63) is 47.5 Å². The fourth-order valence-corrected chi connectivity index (χ4v) is 1.98. The van der Waals surface area contributed by atoms with E-state index < -0.39 is 17.6 Å². The van der Waals surface area contributed by atoms with Crippen LogP contribution in [0.5, 0.6) is 0 Å². The second-order valence-corrected chi connectivity index (χ2v) is 4.33. The third-order valence-electron chi connectivity index (χ3n) is 2.72. The first kappa shape index (κ1) is 12.9. The van der Waals surface area contributed by atoms with Crippen molar-refractivity contribution in [3.8, 4) is 5.82 Å². The summed E-state index contributed by atoms with van der Waals surface area (Å²) in [7, 11) is 0. The molecule has 4 nitrogen and oxygen atoms in total. The molecule has 1 aromatic carbocycles. The molecule has 0 radical (unpaired) electrons. The van der Waals surface area contributed by atoms with Crippen molar-refractivity contribution < 1.29 is 13.2 Å². The van der Waals surface area contributed by atoms with Gasteiger partial charge in [-0.3, -0.25) is 0 Å². The van der Waals surface area contributed by atoms with Crippen molar-refractivity contribution in [3.63, 3.8) is 0 Å². The Morgan fingerprint density at radius 3 is 2.60 bits per heavy atom. The Balaban J connectivity index is 2.31. The maximum absolute atomic E-state index is 13.0. The van der Waals surface area contributed by atoms with Crippen LogP contribution in [0, 0.1) is 0 Å². The molecular weight excluding hydrogens is 293 g/mol. The van der Waals surface area contributed by atoms with Crippen molar-refractivity contribution in [2.45, 2.75) is 6.18 Å². The minimum Gasteiger partial charge on any atom is -0.226 e. The Kier molecular flexibility index (Phi) is 2.86. The van der Waals surface area contributed by atoms with E-state index in [-0.39, 0.29) is 5.28 Å². The number of rotatable bonds is 1. The number of fused-ring (bicyclic) bond motifs is 1. The van der Waals surface area contributed by atoms with Gasteiger partial charge in [0.15, 0.2) is 5.82 Å². The summed E-state index contributed by atoms with van der Waals surface area (Å²) in [4.78, 5) is 7.06. The van der Waals surface area contributed by atoms with E-state index in [1.165, 1.54) is 6.20 Å². The molecular formula is C12H6ClF3N4. The Labute approximate surface area is 115 Å². The van der Waals surface area contributed by atoms with Gasteiger partial charge in [0.2, 0.25) is 5.28 Å². The normalized spacial score (nSPS) is 12.0. The van der Waals surface area contributed by atoms with Crippen LogP contribution in [0.4, 0.5) is 13.2 Å². The lowest BCUT2D eigenvalue weighted by Gasteiger charge is -2.11. The minimum atomic E-state index is -4.59. The van der Waals surface area contributed by atoms with E-state index >= 15 is 0 Å². The van der Waals surface area contributed by atoms with Crippen molar-refractivity contribution >= 4 is 22.5 Å². The SMILES string of the molecule is FC(F)(F)c1cnc(Cl)nc1-n1ncc2ccccc21. The van der Waals surface area contributed by atoms with Crippen molar-refractivity contribution in [2.24, 2.45) is 0 Å². The summed E-state index contributed by atoms with van der Waals surface area (Å²) in [6.07, 6.45) is -2.47. The van der Waals surface area contributed by atoms with Crippen LogP contribution < -0.4 is 0 Å². The van der Waals surface area contributed by atoms with E-state index in [4.69, 9.17) is 11.6 Å². The van der Waals surface area contributed by atoms with E-state index in [1.807, 2.05) is 0 Å². The molecule has 0 aliphatic heterocycles. The van der Waals surface area contributed by atoms with E-state index in [9.17, 15) is 13.2 Å². The van der Waals surface area contributed by atoms with Crippen LogP contribution >= 0.6 is 11.6 Å². The van der Waals surface area contributed by atoms with Gasteiger partial charge in [-0.2, -0.15) is 23.3 Å². The second-order valence-electron chi connectivity index (χ2n) is 3.99. The molecule has 0 N–H and O–H groups in total. The molecule has 20 heavy (non-hydrogen) atoms. The van der Waals surface area contributed by atoms with Gasteiger partial charge >= 0.3 is 6.18 Å². The maximum atomic E-state index is 13.0. The van der Waals surface area contributed by atoms with E-state index in [2.05, 4.69) is 15.1 Å². The van der Waals surface area contributed by atoms with Crippen LogP contribution in [0.3, 0.4) is 0 Å². The predicted molar refractivity (Wildman–Crippen MR) is 66.7 cm³/mol. The van der Waals surface area contributed by atoms with Gasteiger partial charge in [0.1, 0.15) is 5.56 Å². The first-order valence-corrected chi connectivity index (χ1v) is 5.87. The van der Waals surface area contributed by atoms with Gasteiger partial charge in [0, 0.05) is 11.6 Å². The minimum absolute atomic E-state index is 0.271. The summed E-state index contributed by atoms with van der Waals surface area (Å²) in [6.45, 7) is 0. The van der Waals surface area contributed by atoms with Crippen LogP contribution in [-0.4, -0.2) is 19.7 Å². The Bertz CT molecular complexity index is 782. The molecule has 0 saturated heterocycles. The number of para-hydroxylation sites is 1. The molecule has 0 fully saturated rings. The lowest BCUT2D eigenvalue weighted by atomic mass is 10.2. The molecule has 0 spiro atoms. The maximum Gasteiger partial charge on any atom is 0.421 e. The third kappa shape index (κ3) is 2.09. The van der Waals surface area contributed by atoms with Crippen molar-refractivity contribution in [1.82, 2.24) is 19.7 Å². The van der Waals surface area contributed by atoms with Gasteiger partial charge < -0.3 is 0 Å². The molecule has 8 heteroatoms. The molecule has 3 rings (SSSR count).